The molecular formula is C10H7NO5. The van der Waals surface area contributed by atoms with E-state index < -0.39 is 16.7 Å². The van der Waals surface area contributed by atoms with Crippen molar-refractivity contribution in [1.29, 1.82) is 0 Å². The van der Waals surface area contributed by atoms with Gasteiger partial charge in [-0.25, -0.2) is 4.79 Å². The maximum absolute atomic E-state index is 10.7. The van der Waals surface area contributed by atoms with Gasteiger partial charge in [-0.15, -0.1) is 0 Å². The van der Waals surface area contributed by atoms with E-state index >= 15 is 0 Å². The van der Waals surface area contributed by atoms with Crippen LogP contribution in [0.4, 0.5) is 5.69 Å². The van der Waals surface area contributed by atoms with Gasteiger partial charge >= 0.3 is 5.97 Å². The van der Waals surface area contributed by atoms with Crippen molar-refractivity contribution >= 4 is 23.5 Å². The van der Waals surface area contributed by atoms with Crippen molar-refractivity contribution in [2.24, 2.45) is 0 Å². The largest absolute Gasteiger partial charge is 0.475 e. The molecule has 1 aromatic rings. The molecule has 16 heavy (non-hydrogen) atoms. The van der Waals surface area contributed by atoms with E-state index in [1.165, 1.54) is 18.2 Å². The van der Waals surface area contributed by atoms with E-state index in [9.17, 15) is 19.7 Å². The molecule has 0 fully saturated rings. The Kier molecular flexibility index (Phi) is 3.49. The molecule has 0 aromatic heterocycles. The number of nitrogens with zero attached hydrogens (tertiary/aromatic N) is 1. The fourth-order valence-electron chi connectivity index (χ4n) is 1.03. The van der Waals surface area contributed by atoms with Gasteiger partial charge in [-0.05, 0) is 18.2 Å². The number of nitro groups is 1. The van der Waals surface area contributed by atoms with Gasteiger partial charge in [0.15, 0.2) is 0 Å². The van der Waals surface area contributed by atoms with E-state index in [-0.39, 0.29) is 11.3 Å². The van der Waals surface area contributed by atoms with Crippen LogP contribution in [0.3, 0.4) is 0 Å². The number of hydrogen-bond acceptors (Lipinski definition) is 4. The molecule has 0 aliphatic rings. The Morgan fingerprint density at radius 1 is 1.31 bits per heavy atom. The van der Waals surface area contributed by atoms with E-state index in [2.05, 4.69) is 0 Å². The highest BCUT2D eigenvalue weighted by atomic mass is 16.6. The van der Waals surface area contributed by atoms with Crippen LogP contribution in [0.1, 0.15) is 5.56 Å². The standard InChI is InChI=1S/C10H7NO5/c12-9(10(13)14)6-5-7-3-1-2-4-8(7)11(15)16/h1-6H,(H,13,14)/b6-5+. The third-order valence-corrected chi connectivity index (χ3v) is 1.76. The van der Waals surface area contributed by atoms with E-state index in [0.717, 1.165) is 12.2 Å². The predicted molar refractivity (Wildman–Crippen MR) is 54.8 cm³/mol. The van der Waals surface area contributed by atoms with Gasteiger partial charge < -0.3 is 5.11 Å². The summed E-state index contributed by atoms with van der Waals surface area (Å²) < 4.78 is 0. The van der Waals surface area contributed by atoms with Crippen LogP contribution in [0.25, 0.3) is 6.08 Å². The summed E-state index contributed by atoms with van der Waals surface area (Å²) in [6, 6.07) is 5.72. The summed E-state index contributed by atoms with van der Waals surface area (Å²) in [6.45, 7) is 0. The van der Waals surface area contributed by atoms with Crippen LogP contribution in [-0.2, 0) is 9.59 Å². The summed E-state index contributed by atoms with van der Waals surface area (Å²) in [5.41, 5.74) is -0.000890. The molecule has 0 unspecified atom stereocenters. The molecule has 0 aliphatic heterocycles. The summed E-state index contributed by atoms with van der Waals surface area (Å²) in [4.78, 5) is 30.9. The number of nitro benzene ring substituents is 1. The van der Waals surface area contributed by atoms with Gasteiger partial charge in [-0.2, -0.15) is 0 Å². The van der Waals surface area contributed by atoms with Crippen LogP contribution < -0.4 is 0 Å². The summed E-state index contributed by atoms with van der Waals surface area (Å²) in [5, 5.41) is 18.9. The summed E-state index contributed by atoms with van der Waals surface area (Å²) in [7, 11) is 0. The number of rotatable bonds is 4. The lowest BCUT2D eigenvalue weighted by atomic mass is 10.1. The first-order valence-electron chi connectivity index (χ1n) is 4.21. The lowest BCUT2D eigenvalue weighted by Gasteiger charge is -1.95. The molecule has 6 nitrogen and oxygen atoms in total. The van der Waals surface area contributed by atoms with Gasteiger partial charge in [0.25, 0.3) is 11.5 Å². The average Bonchev–Trinajstić information content (AvgIpc) is 2.25. The molecule has 0 aliphatic carbocycles. The Hall–Kier alpha value is -2.50. The number of carboxylic acid groups (broad SMARTS) is 1. The first kappa shape index (κ1) is 11.6. The zero-order chi connectivity index (χ0) is 12.1. The van der Waals surface area contributed by atoms with E-state index in [1.54, 1.807) is 6.07 Å². The molecule has 0 atom stereocenters. The second-order valence-corrected chi connectivity index (χ2v) is 2.82. The highest BCUT2D eigenvalue weighted by Crippen LogP contribution is 2.18. The Morgan fingerprint density at radius 3 is 2.50 bits per heavy atom. The minimum Gasteiger partial charge on any atom is -0.475 e. The van der Waals surface area contributed by atoms with Crippen molar-refractivity contribution in [3.05, 3.63) is 46.0 Å². The molecule has 0 saturated carbocycles. The third kappa shape index (κ3) is 2.74. The van der Waals surface area contributed by atoms with Crippen molar-refractivity contribution in [1.82, 2.24) is 0 Å². The quantitative estimate of drug-likeness (QED) is 0.357. The summed E-state index contributed by atoms with van der Waals surface area (Å²) in [5.74, 6) is -2.73. The number of para-hydroxylation sites is 1. The predicted octanol–water partition coefficient (Wildman–Crippen LogP) is 1.26. The number of ketones is 1. The van der Waals surface area contributed by atoms with E-state index in [4.69, 9.17) is 5.11 Å². The van der Waals surface area contributed by atoms with Gasteiger partial charge in [0.2, 0.25) is 0 Å². The molecule has 0 radical (unpaired) electrons. The van der Waals surface area contributed by atoms with Crippen LogP contribution in [0.2, 0.25) is 0 Å². The molecule has 0 saturated heterocycles. The number of carboxylic acids is 1. The SMILES string of the molecule is O=C(O)C(=O)/C=C/c1ccccc1[N+](=O)[O-]. The number of carbonyl (C=O) groups is 2. The molecule has 1 N–H and O–H groups in total. The Labute approximate surface area is 90.0 Å². The number of aliphatic carboxylic acids is 1. The normalized spacial score (nSPS) is 10.2. The fraction of sp³-hybridized carbons (Fsp3) is 0. The minimum absolute atomic E-state index is 0.183. The molecule has 0 spiro atoms. The van der Waals surface area contributed by atoms with E-state index in [0.29, 0.717) is 0 Å². The lowest BCUT2D eigenvalue weighted by Crippen LogP contribution is -2.08. The maximum atomic E-state index is 10.7. The molecule has 1 rings (SSSR count). The monoisotopic (exact) mass is 221 g/mol. The molecule has 0 amide bonds. The van der Waals surface area contributed by atoms with Crippen molar-refractivity contribution in [2.75, 3.05) is 0 Å². The third-order valence-electron chi connectivity index (χ3n) is 1.76. The molecule has 82 valence electrons. The zero-order valence-corrected chi connectivity index (χ0v) is 7.99. The summed E-state index contributed by atoms with van der Waals surface area (Å²) >= 11 is 0. The molecular weight excluding hydrogens is 214 g/mol. The summed E-state index contributed by atoms with van der Waals surface area (Å²) in [6.07, 6.45) is 1.89. The fourth-order valence-corrected chi connectivity index (χ4v) is 1.03. The second kappa shape index (κ2) is 4.83. The highest BCUT2D eigenvalue weighted by Gasteiger charge is 2.11. The van der Waals surface area contributed by atoms with Gasteiger partial charge in [-0.3, -0.25) is 14.9 Å². The van der Waals surface area contributed by atoms with Crippen LogP contribution in [0.15, 0.2) is 30.3 Å². The molecule has 1 aromatic carbocycles. The van der Waals surface area contributed by atoms with Gasteiger partial charge in [0.05, 0.1) is 10.5 Å². The number of benzene rings is 1. The highest BCUT2D eigenvalue weighted by molar-refractivity contribution is 6.38. The Morgan fingerprint density at radius 2 is 1.94 bits per heavy atom. The topological polar surface area (TPSA) is 97.5 Å². The smallest absolute Gasteiger partial charge is 0.376 e. The van der Waals surface area contributed by atoms with Gasteiger partial charge in [-0.1, -0.05) is 12.1 Å². The minimum atomic E-state index is -1.60. The van der Waals surface area contributed by atoms with Crippen molar-refractivity contribution in [3.8, 4) is 0 Å². The number of hydrogen-bond donors (Lipinski definition) is 1. The lowest BCUT2D eigenvalue weighted by molar-refractivity contribution is -0.385. The molecule has 6 heteroatoms. The second-order valence-electron chi connectivity index (χ2n) is 2.82. The van der Waals surface area contributed by atoms with Crippen LogP contribution in [0.5, 0.6) is 0 Å². The zero-order valence-electron chi connectivity index (χ0n) is 7.99. The van der Waals surface area contributed by atoms with Crippen molar-refractivity contribution < 1.29 is 19.6 Å². The molecule has 0 bridgehead atoms. The average molecular weight is 221 g/mol. The van der Waals surface area contributed by atoms with Crippen molar-refractivity contribution in [2.45, 2.75) is 0 Å². The van der Waals surface area contributed by atoms with Gasteiger partial charge in [0, 0.05) is 6.07 Å². The van der Waals surface area contributed by atoms with Crippen molar-refractivity contribution in [3.63, 3.8) is 0 Å². The van der Waals surface area contributed by atoms with Crippen LogP contribution >= 0.6 is 0 Å². The first-order valence-corrected chi connectivity index (χ1v) is 4.21. The van der Waals surface area contributed by atoms with Crippen LogP contribution in [-0.4, -0.2) is 21.8 Å². The van der Waals surface area contributed by atoms with E-state index in [1.807, 2.05) is 0 Å². The van der Waals surface area contributed by atoms with Gasteiger partial charge in [0.1, 0.15) is 0 Å². The Bertz CT molecular complexity index is 478. The maximum Gasteiger partial charge on any atom is 0.376 e. The van der Waals surface area contributed by atoms with Crippen LogP contribution in [0, 0.1) is 10.1 Å². The Balaban J connectivity index is 3.02. The molecule has 0 heterocycles. The number of carbonyl (C=O) groups excluding carboxylic acids is 1. The first-order chi connectivity index (χ1) is 7.52.